The third-order valence-corrected chi connectivity index (χ3v) is 5.36. The summed E-state index contributed by atoms with van der Waals surface area (Å²) in [5.74, 6) is 0.156. The molecular weight excluding hydrogens is 302 g/mol. The second-order valence-electron chi connectivity index (χ2n) is 6.96. The molecule has 1 saturated heterocycles. The molecule has 0 spiro atoms. The van der Waals surface area contributed by atoms with Crippen LogP contribution in [0.1, 0.15) is 24.8 Å². The highest BCUT2D eigenvalue weighted by molar-refractivity contribution is 5.79. The van der Waals surface area contributed by atoms with Gasteiger partial charge >= 0.3 is 0 Å². The zero-order valence-corrected chi connectivity index (χ0v) is 14.7. The van der Waals surface area contributed by atoms with Crippen LogP contribution in [0.15, 0.2) is 30.3 Å². The Balaban J connectivity index is 1.48. The molecule has 1 N–H and O–H groups in total. The third kappa shape index (κ3) is 4.15. The van der Waals surface area contributed by atoms with E-state index in [0.717, 1.165) is 52.2 Å². The fourth-order valence-corrected chi connectivity index (χ4v) is 3.67. The number of rotatable bonds is 7. The van der Waals surface area contributed by atoms with E-state index < -0.39 is 0 Å². The van der Waals surface area contributed by atoms with E-state index in [1.807, 2.05) is 6.07 Å². The average molecular weight is 331 g/mol. The Hall–Kier alpha value is -1.43. The van der Waals surface area contributed by atoms with Gasteiger partial charge in [-0.1, -0.05) is 30.3 Å². The van der Waals surface area contributed by atoms with Crippen molar-refractivity contribution in [2.45, 2.75) is 24.8 Å². The third-order valence-electron chi connectivity index (χ3n) is 5.36. The van der Waals surface area contributed by atoms with Crippen molar-refractivity contribution in [3.05, 3.63) is 35.9 Å². The number of benzene rings is 1. The number of carbonyl (C=O) groups is 1. The van der Waals surface area contributed by atoms with Crippen LogP contribution in [0, 0.1) is 0 Å². The fourth-order valence-electron chi connectivity index (χ4n) is 3.67. The molecule has 24 heavy (non-hydrogen) atoms. The predicted molar refractivity (Wildman–Crippen MR) is 94.9 cm³/mol. The Morgan fingerprint density at radius 1 is 1.12 bits per heavy atom. The summed E-state index contributed by atoms with van der Waals surface area (Å²) in [6.07, 6.45) is 3.29. The Bertz CT molecular complexity index is 523. The molecule has 1 aliphatic heterocycles. The number of hydrogen-bond acceptors (Lipinski definition) is 4. The zero-order valence-electron chi connectivity index (χ0n) is 14.7. The molecule has 5 nitrogen and oxygen atoms in total. The van der Waals surface area contributed by atoms with Crippen LogP contribution in [0.5, 0.6) is 0 Å². The summed E-state index contributed by atoms with van der Waals surface area (Å²) >= 11 is 0. The van der Waals surface area contributed by atoms with Crippen molar-refractivity contribution in [3.8, 4) is 0 Å². The highest BCUT2D eigenvalue weighted by Gasteiger charge is 2.40. The molecule has 0 aromatic heterocycles. The second-order valence-corrected chi connectivity index (χ2v) is 6.96. The van der Waals surface area contributed by atoms with E-state index in [9.17, 15) is 4.79 Å². The van der Waals surface area contributed by atoms with Gasteiger partial charge in [0.1, 0.15) is 0 Å². The molecule has 1 heterocycles. The van der Waals surface area contributed by atoms with Crippen molar-refractivity contribution in [3.63, 3.8) is 0 Å². The largest absolute Gasteiger partial charge is 0.383 e. The number of methoxy groups -OCH3 is 1. The normalized spacial score (nSPS) is 21.2. The summed E-state index contributed by atoms with van der Waals surface area (Å²) in [4.78, 5) is 17.2. The lowest BCUT2D eigenvalue weighted by Crippen LogP contribution is -2.55. The van der Waals surface area contributed by atoms with Gasteiger partial charge in [-0.25, -0.2) is 0 Å². The Morgan fingerprint density at radius 3 is 2.38 bits per heavy atom. The van der Waals surface area contributed by atoms with E-state index in [4.69, 9.17) is 4.74 Å². The first kappa shape index (κ1) is 17.4. The van der Waals surface area contributed by atoms with Gasteiger partial charge in [0.2, 0.25) is 5.91 Å². The Morgan fingerprint density at radius 2 is 1.79 bits per heavy atom. The van der Waals surface area contributed by atoms with Crippen molar-refractivity contribution in [2.24, 2.45) is 0 Å². The van der Waals surface area contributed by atoms with Gasteiger partial charge in [0, 0.05) is 39.8 Å². The number of amides is 1. The van der Waals surface area contributed by atoms with Crippen molar-refractivity contribution >= 4 is 5.91 Å². The second kappa shape index (κ2) is 8.10. The van der Waals surface area contributed by atoms with Crippen molar-refractivity contribution in [2.75, 3.05) is 53.0 Å². The first-order valence-corrected chi connectivity index (χ1v) is 9.02. The maximum atomic E-state index is 12.6. The lowest BCUT2D eigenvalue weighted by molar-refractivity contribution is -0.126. The quantitative estimate of drug-likeness (QED) is 0.821. The van der Waals surface area contributed by atoms with Crippen LogP contribution < -0.4 is 5.32 Å². The maximum absolute atomic E-state index is 12.6. The molecule has 1 aliphatic carbocycles. The standard InChI is InChI=1S/C19H29N3O2/c1-24-15-14-21-10-12-22(13-11-21)16-18(23)20-19(8-5-9-19)17-6-3-2-4-7-17/h2-4,6-7H,5,8-16H2,1H3,(H,20,23). The van der Waals surface area contributed by atoms with E-state index in [1.54, 1.807) is 7.11 Å². The molecule has 1 saturated carbocycles. The van der Waals surface area contributed by atoms with E-state index in [1.165, 1.54) is 12.0 Å². The van der Waals surface area contributed by atoms with Crippen molar-refractivity contribution in [1.29, 1.82) is 0 Å². The molecular formula is C19H29N3O2. The smallest absolute Gasteiger partial charge is 0.234 e. The summed E-state index contributed by atoms with van der Waals surface area (Å²) in [5.41, 5.74) is 1.12. The monoisotopic (exact) mass is 331 g/mol. The summed E-state index contributed by atoms with van der Waals surface area (Å²) < 4.78 is 5.13. The first-order valence-electron chi connectivity index (χ1n) is 9.02. The number of ether oxygens (including phenoxy) is 1. The molecule has 0 atom stereocenters. The Kier molecular flexibility index (Phi) is 5.87. The minimum Gasteiger partial charge on any atom is -0.383 e. The molecule has 1 aromatic rings. The van der Waals surface area contributed by atoms with Crippen LogP contribution >= 0.6 is 0 Å². The lowest BCUT2D eigenvalue weighted by atomic mass is 9.72. The molecule has 1 aromatic carbocycles. The molecule has 3 rings (SSSR count). The predicted octanol–water partition coefficient (Wildman–Crippen LogP) is 1.45. The van der Waals surface area contributed by atoms with Gasteiger partial charge in [-0.05, 0) is 24.8 Å². The van der Waals surface area contributed by atoms with Crippen LogP contribution in [0.2, 0.25) is 0 Å². The molecule has 0 bridgehead atoms. The number of nitrogens with zero attached hydrogens (tertiary/aromatic N) is 2. The first-order chi connectivity index (χ1) is 11.7. The van der Waals surface area contributed by atoms with Crippen LogP contribution in [0.4, 0.5) is 0 Å². The number of hydrogen-bond donors (Lipinski definition) is 1. The lowest BCUT2D eigenvalue weighted by Gasteiger charge is -2.44. The minimum atomic E-state index is -0.126. The number of nitrogens with one attached hydrogen (secondary N) is 1. The van der Waals surface area contributed by atoms with Gasteiger partial charge in [0.25, 0.3) is 0 Å². The maximum Gasteiger partial charge on any atom is 0.234 e. The average Bonchev–Trinajstić information content (AvgIpc) is 2.58. The van der Waals surface area contributed by atoms with Gasteiger partial charge in [-0.15, -0.1) is 0 Å². The van der Waals surface area contributed by atoms with Crippen LogP contribution in [0.25, 0.3) is 0 Å². The fraction of sp³-hybridized carbons (Fsp3) is 0.632. The zero-order chi connectivity index (χ0) is 16.8. The molecule has 5 heteroatoms. The van der Waals surface area contributed by atoms with Crippen molar-refractivity contribution < 1.29 is 9.53 Å². The molecule has 0 unspecified atom stereocenters. The van der Waals surface area contributed by atoms with Gasteiger partial charge in [0.15, 0.2) is 0 Å². The summed E-state index contributed by atoms with van der Waals surface area (Å²) in [7, 11) is 1.74. The van der Waals surface area contributed by atoms with E-state index in [0.29, 0.717) is 6.54 Å². The molecule has 0 radical (unpaired) electrons. The number of piperazine rings is 1. The van der Waals surface area contributed by atoms with Crippen LogP contribution in [-0.4, -0.2) is 68.7 Å². The van der Waals surface area contributed by atoms with Crippen LogP contribution in [-0.2, 0) is 15.1 Å². The highest BCUT2D eigenvalue weighted by atomic mass is 16.5. The van der Waals surface area contributed by atoms with Gasteiger partial charge in [0.05, 0.1) is 18.7 Å². The van der Waals surface area contributed by atoms with E-state index in [2.05, 4.69) is 39.4 Å². The van der Waals surface area contributed by atoms with E-state index >= 15 is 0 Å². The van der Waals surface area contributed by atoms with Gasteiger partial charge in [-0.2, -0.15) is 0 Å². The molecule has 2 aliphatic rings. The van der Waals surface area contributed by atoms with Gasteiger partial charge < -0.3 is 10.1 Å². The summed E-state index contributed by atoms with van der Waals surface area (Å²) in [6, 6.07) is 10.4. The van der Waals surface area contributed by atoms with E-state index in [-0.39, 0.29) is 11.4 Å². The SMILES string of the molecule is COCCN1CCN(CC(=O)NC2(c3ccccc3)CCC2)CC1. The van der Waals surface area contributed by atoms with Crippen molar-refractivity contribution in [1.82, 2.24) is 15.1 Å². The number of carbonyl (C=O) groups excluding carboxylic acids is 1. The van der Waals surface area contributed by atoms with Crippen LogP contribution in [0.3, 0.4) is 0 Å². The topological polar surface area (TPSA) is 44.8 Å². The Labute approximate surface area is 145 Å². The minimum absolute atomic E-state index is 0.126. The van der Waals surface area contributed by atoms with Gasteiger partial charge in [-0.3, -0.25) is 14.6 Å². The summed E-state index contributed by atoms with van der Waals surface area (Å²) in [6.45, 7) is 6.20. The molecule has 2 fully saturated rings. The summed E-state index contributed by atoms with van der Waals surface area (Å²) in [5, 5.41) is 3.32. The highest BCUT2D eigenvalue weighted by Crippen LogP contribution is 2.41. The molecule has 1 amide bonds. The molecule has 132 valence electrons.